The van der Waals surface area contributed by atoms with E-state index in [1.54, 1.807) is 17.5 Å². The number of nitrogens with zero attached hydrogens (tertiary/aromatic N) is 2. The first-order valence-corrected chi connectivity index (χ1v) is 7.21. The van der Waals surface area contributed by atoms with Crippen LogP contribution < -0.4 is 5.32 Å². The van der Waals surface area contributed by atoms with Crippen molar-refractivity contribution in [1.29, 1.82) is 0 Å². The molecule has 1 aromatic carbocycles. The number of benzene rings is 1. The Balaban J connectivity index is 2.10. The minimum Gasteiger partial charge on any atom is -0.380 e. The summed E-state index contributed by atoms with van der Waals surface area (Å²) in [6.45, 7) is 6.70. The maximum Gasteiger partial charge on any atom is 0.274 e. The number of nitro groups is 1. The third-order valence-electron chi connectivity index (χ3n) is 2.76. The largest absolute Gasteiger partial charge is 0.380 e. The predicted molar refractivity (Wildman–Crippen MR) is 81.2 cm³/mol. The Bertz CT molecular complexity index is 664. The van der Waals surface area contributed by atoms with E-state index < -0.39 is 10.7 Å². The molecule has 0 radical (unpaired) electrons. The second kappa shape index (κ2) is 5.77. The molecule has 1 heterocycles. The third kappa shape index (κ3) is 3.98. The fourth-order valence-electron chi connectivity index (χ4n) is 1.71. The van der Waals surface area contributed by atoms with Crippen molar-refractivity contribution >= 4 is 22.7 Å². The Kier molecular flexibility index (Phi) is 4.22. The molecule has 0 atom stereocenters. The number of nitro benzene ring substituents is 1. The first-order valence-electron chi connectivity index (χ1n) is 6.40. The van der Waals surface area contributed by atoms with Crippen molar-refractivity contribution in [3.8, 4) is 0 Å². The summed E-state index contributed by atoms with van der Waals surface area (Å²) in [4.78, 5) is 15.4. The number of aromatic nitrogens is 1. The van der Waals surface area contributed by atoms with Crippen molar-refractivity contribution in [3.63, 3.8) is 0 Å². The van der Waals surface area contributed by atoms with Crippen LogP contribution in [0.4, 0.5) is 15.8 Å². The molecule has 0 aliphatic rings. The fourth-order valence-corrected chi connectivity index (χ4v) is 2.62. The minimum atomic E-state index is -0.633. The Hall–Kier alpha value is -2.02. The van der Waals surface area contributed by atoms with Gasteiger partial charge in [-0.3, -0.25) is 10.1 Å². The molecule has 0 saturated heterocycles. The number of hydrogen-bond donors (Lipinski definition) is 1. The average molecular weight is 309 g/mol. The van der Waals surface area contributed by atoms with E-state index in [1.807, 2.05) is 0 Å². The van der Waals surface area contributed by atoms with Crippen LogP contribution in [0.3, 0.4) is 0 Å². The van der Waals surface area contributed by atoms with E-state index in [-0.39, 0.29) is 11.1 Å². The van der Waals surface area contributed by atoms with E-state index in [1.165, 1.54) is 12.1 Å². The molecular formula is C14H16FN3O2S. The van der Waals surface area contributed by atoms with Gasteiger partial charge in [0.05, 0.1) is 22.5 Å². The molecule has 0 aliphatic heterocycles. The zero-order valence-corrected chi connectivity index (χ0v) is 12.8. The van der Waals surface area contributed by atoms with Gasteiger partial charge in [0.2, 0.25) is 0 Å². The van der Waals surface area contributed by atoms with Crippen molar-refractivity contribution in [3.05, 3.63) is 50.2 Å². The van der Waals surface area contributed by atoms with E-state index in [2.05, 4.69) is 31.1 Å². The Morgan fingerprint density at radius 1 is 1.38 bits per heavy atom. The molecule has 5 nitrogen and oxygen atoms in total. The van der Waals surface area contributed by atoms with Gasteiger partial charge in [0.15, 0.2) is 0 Å². The van der Waals surface area contributed by atoms with Crippen molar-refractivity contribution in [2.45, 2.75) is 32.7 Å². The van der Waals surface area contributed by atoms with Gasteiger partial charge in [-0.1, -0.05) is 20.8 Å². The number of rotatable bonds is 4. The van der Waals surface area contributed by atoms with Crippen LogP contribution in [0.2, 0.25) is 0 Å². The molecule has 1 N–H and O–H groups in total. The molecule has 7 heteroatoms. The highest BCUT2D eigenvalue weighted by molar-refractivity contribution is 7.11. The summed E-state index contributed by atoms with van der Waals surface area (Å²) in [5, 5.41) is 14.7. The van der Waals surface area contributed by atoms with Crippen molar-refractivity contribution in [2.24, 2.45) is 0 Å². The molecule has 2 aromatic rings. The van der Waals surface area contributed by atoms with Gasteiger partial charge in [0, 0.05) is 28.2 Å². The van der Waals surface area contributed by atoms with Crippen molar-refractivity contribution < 1.29 is 9.31 Å². The first kappa shape index (κ1) is 15.4. The molecular weight excluding hydrogens is 293 g/mol. The lowest BCUT2D eigenvalue weighted by Gasteiger charge is -2.13. The molecule has 112 valence electrons. The predicted octanol–water partition coefficient (Wildman–Crippen LogP) is 4.10. The Labute approximate surface area is 126 Å². The van der Waals surface area contributed by atoms with Crippen LogP contribution in [-0.2, 0) is 12.0 Å². The molecule has 0 amide bonds. The van der Waals surface area contributed by atoms with Gasteiger partial charge in [-0.2, -0.15) is 0 Å². The van der Waals surface area contributed by atoms with Gasteiger partial charge < -0.3 is 5.32 Å². The number of non-ortho nitro benzene ring substituents is 1. The molecule has 0 aliphatic carbocycles. The number of halogens is 1. The van der Waals surface area contributed by atoms with Crippen LogP contribution in [0.1, 0.15) is 30.7 Å². The lowest BCUT2D eigenvalue weighted by atomic mass is 9.98. The van der Waals surface area contributed by atoms with Crippen LogP contribution in [0.25, 0.3) is 0 Å². The maximum absolute atomic E-state index is 13.3. The molecule has 21 heavy (non-hydrogen) atoms. The van der Waals surface area contributed by atoms with Crippen LogP contribution in [-0.4, -0.2) is 9.91 Å². The molecule has 0 spiro atoms. The highest BCUT2D eigenvalue weighted by Gasteiger charge is 2.18. The fraction of sp³-hybridized carbons (Fsp3) is 0.357. The zero-order valence-electron chi connectivity index (χ0n) is 12.0. The van der Waals surface area contributed by atoms with Crippen molar-refractivity contribution in [2.75, 3.05) is 5.32 Å². The molecule has 2 rings (SSSR count). The Morgan fingerprint density at radius 3 is 2.67 bits per heavy atom. The SMILES string of the molecule is CC(C)(C)c1ncc(CNc2cc(F)cc([N+](=O)[O-])c2)s1. The highest BCUT2D eigenvalue weighted by atomic mass is 32.1. The van der Waals surface area contributed by atoms with Gasteiger partial charge in [-0.05, 0) is 6.07 Å². The summed E-state index contributed by atoms with van der Waals surface area (Å²) < 4.78 is 13.3. The summed E-state index contributed by atoms with van der Waals surface area (Å²) in [7, 11) is 0. The van der Waals surface area contributed by atoms with Crippen LogP contribution in [0.5, 0.6) is 0 Å². The molecule has 0 unspecified atom stereocenters. The third-order valence-corrected chi connectivity index (χ3v) is 4.18. The molecule has 0 fully saturated rings. The number of nitrogens with one attached hydrogen (secondary N) is 1. The van der Waals surface area contributed by atoms with E-state index >= 15 is 0 Å². The highest BCUT2D eigenvalue weighted by Crippen LogP contribution is 2.27. The van der Waals surface area contributed by atoms with Gasteiger partial charge in [-0.15, -0.1) is 11.3 Å². The topological polar surface area (TPSA) is 68.1 Å². The van der Waals surface area contributed by atoms with Crippen LogP contribution in [0.15, 0.2) is 24.4 Å². The normalized spacial score (nSPS) is 11.4. The van der Waals surface area contributed by atoms with Crippen molar-refractivity contribution in [1.82, 2.24) is 4.98 Å². The Morgan fingerprint density at radius 2 is 2.10 bits per heavy atom. The lowest BCUT2D eigenvalue weighted by molar-refractivity contribution is -0.385. The minimum absolute atomic E-state index is 0.0133. The van der Waals surface area contributed by atoms with E-state index in [9.17, 15) is 14.5 Å². The van der Waals surface area contributed by atoms with Gasteiger partial charge in [0.25, 0.3) is 5.69 Å². The van der Waals surface area contributed by atoms with E-state index in [0.717, 1.165) is 16.0 Å². The summed E-state index contributed by atoms with van der Waals surface area (Å²) in [5.74, 6) is -0.633. The lowest BCUT2D eigenvalue weighted by Crippen LogP contribution is -2.09. The quantitative estimate of drug-likeness (QED) is 0.682. The summed E-state index contributed by atoms with van der Waals surface area (Å²) >= 11 is 1.57. The molecule has 0 bridgehead atoms. The smallest absolute Gasteiger partial charge is 0.274 e. The maximum atomic E-state index is 13.3. The van der Waals surface area contributed by atoms with Gasteiger partial charge in [0.1, 0.15) is 5.82 Å². The zero-order chi connectivity index (χ0) is 15.6. The van der Waals surface area contributed by atoms with E-state index in [0.29, 0.717) is 12.2 Å². The summed E-state index contributed by atoms with van der Waals surface area (Å²) in [6.07, 6.45) is 1.77. The monoisotopic (exact) mass is 309 g/mol. The van der Waals surface area contributed by atoms with Crippen LogP contribution in [0, 0.1) is 15.9 Å². The molecule has 0 saturated carbocycles. The van der Waals surface area contributed by atoms with Crippen LogP contribution >= 0.6 is 11.3 Å². The van der Waals surface area contributed by atoms with E-state index in [4.69, 9.17) is 0 Å². The number of hydrogen-bond acceptors (Lipinski definition) is 5. The molecule has 1 aromatic heterocycles. The second-order valence-electron chi connectivity index (χ2n) is 5.69. The van der Waals surface area contributed by atoms with Gasteiger partial charge in [-0.25, -0.2) is 9.37 Å². The number of anilines is 1. The first-order chi connectivity index (χ1) is 9.75. The average Bonchev–Trinajstić information content (AvgIpc) is 2.84. The second-order valence-corrected chi connectivity index (χ2v) is 6.81. The van der Waals surface area contributed by atoms with Gasteiger partial charge >= 0.3 is 0 Å². The summed E-state index contributed by atoms with van der Waals surface area (Å²) in [5.41, 5.74) is 0.102. The number of thiazole rings is 1. The standard InChI is InChI=1S/C14H16FN3O2S/c1-14(2,3)13-17-8-12(21-13)7-16-10-4-9(15)5-11(6-10)18(19)20/h4-6,8,16H,7H2,1-3H3. The summed E-state index contributed by atoms with van der Waals surface area (Å²) in [6, 6.07) is 3.45.